The molecule has 6 heteroatoms. The van der Waals surface area contributed by atoms with Crippen LogP contribution in [0.5, 0.6) is 11.5 Å². The average Bonchev–Trinajstić information content (AvgIpc) is 3.23. The van der Waals surface area contributed by atoms with Crippen molar-refractivity contribution in [3.8, 4) is 11.5 Å². The summed E-state index contributed by atoms with van der Waals surface area (Å²) in [5, 5.41) is 6.55. The Hall–Kier alpha value is -2.40. The molecule has 0 saturated heterocycles. The molecular formula is C19H19ClN2O3. The Morgan fingerprint density at radius 1 is 1.16 bits per heavy atom. The lowest BCUT2D eigenvalue weighted by Crippen LogP contribution is -2.31. The lowest BCUT2D eigenvalue weighted by molar-refractivity contribution is 0.252. The van der Waals surface area contributed by atoms with E-state index >= 15 is 0 Å². The van der Waals surface area contributed by atoms with E-state index in [2.05, 4.69) is 10.6 Å². The fraction of sp³-hybridized carbons (Fsp3) is 0.316. The molecule has 2 aliphatic heterocycles. The van der Waals surface area contributed by atoms with E-state index in [4.69, 9.17) is 21.1 Å². The first-order chi connectivity index (χ1) is 12.2. The Morgan fingerprint density at radius 3 is 2.92 bits per heavy atom. The van der Waals surface area contributed by atoms with Crippen LogP contribution in [0.2, 0.25) is 5.02 Å². The van der Waals surface area contributed by atoms with E-state index in [9.17, 15) is 4.79 Å². The molecule has 0 unspecified atom stereocenters. The zero-order valence-corrected chi connectivity index (χ0v) is 14.5. The summed E-state index contributed by atoms with van der Waals surface area (Å²) in [4.78, 5) is 12.3. The highest BCUT2D eigenvalue weighted by Gasteiger charge is 2.27. The fourth-order valence-electron chi connectivity index (χ4n) is 3.29. The number of amides is 2. The van der Waals surface area contributed by atoms with Crippen molar-refractivity contribution in [3.63, 3.8) is 0 Å². The number of rotatable bonds is 4. The number of ether oxygens (including phenoxy) is 2. The van der Waals surface area contributed by atoms with E-state index < -0.39 is 0 Å². The number of hydrogen-bond donors (Lipinski definition) is 2. The maximum Gasteiger partial charge on any atom is 0.319 e. The van der Waals surface area contributed by atoms with E-state index in [-0.39, 0.29) is 6.03 Å². The second-order valence-electron chi connectivity index (χ2n) is 6.17. The van der Waals surface area contributed by atoms with Crippen molar-refractivity contribution in [1.29, 1.82) is 0 Å². The van der Waals surface area contributed by atoms with Crippen molar-refractivity contribution < 1.29 is 14.3 Å². The molecule has 0 saturated carbocycles. The molecule has 2 N–H and O–H groups in total. The quantitative estimate of drug-likeness (QED) is 0.878. The Bertz CT molecular complexity index is 790. The highest BCUT2D eigenvalue weighted by Crippen LogP contribution is 2.44. The molecular weight excluding hydrogens is 340 g/mol. The number of carbonyl (C=O) groups excluding carboxylic acids is 1. The van der Waals surface area contributed by atoms with Gasteiger partial charge in [-0.05, 0) is 30.2 Å². The van der Waals surface area contributed by atoms with Gasteiger partial charge in [0.05, 0.1) is 18.9 Å². The molecule has 0 atom stereocenters. The van der Waals surface area contributed by atoms with Crippen molar-refractivity contribution in [2.75, 3.05) is 25.1 Å². The Balaban J connectivity index is 1.42. The third-order valence-corrected chi connectivity index (χ3v) is 4.71. The first kappa shape index (κ1) is 16.1. The van der Waals surface area contributed by atoms with Crippen LogP contribution in [0.15, 0.2) is 30.3 Å². The second-order valence-corrected chi connectivity index (χ2v) is 6.61. The van der Waals surface area contributed by atoms with Crippen LogP contribution in [0.25, 0.3) is 0 Å². The van der Waals surface area contributed by atoms with Gasteiger partial charge in [-0.1, -0.05) is 23.7 Å². The summed E-state index contributed by atoms with van der Waals surface area (Å²) in [5.74, 6) is 1.65. The van der Waals surface area contributed by atoms with Gasteiger partial charge in [0.2, 0.25) is 0 Å². The van der Waals surface area contributed by atoms with Crippen LogP contribution in [0.1, 0.15) is 16.7 Å². The van der Waals surface area contributed by atoms with Crippen molar-refractivity contribution >= 4 is 23.3 Å². The normalized spacial score (nSPS) is 14.3. The molecule has 2 aliphatic rings. The minimum absolute atomic E-state index is 0.236. The van der Waals surface area contributed by atoms with Crippen molar-refractivity contribution in [2.45, 2.75) is 19.3 Å². The first-order valence-electron chi connectivity index (χ1n) is 8.44. The van der Waals surface area contributed by atoms with Gasteiger partial charge in [0.1, 0.15) is 11.5 Å². The topological polar surface area (TPSA) is 59.6 Å². The number of fused-ring (bicyclic) bond motifs is 2. The number of carbonyl (C=O) groups is 1. The van der Waals surface area contributed by atoms with Gasteiger partial charge in [0.25, 0.3) is 0 Å². The predicted molar refractivity (Wildman–Crippen MR) is 97.0 cm³/mol. The second kappa shape index (κ2) is 6.84. The largest absolute Gasteiger partial charge is 0.493 e. The molecule has 25 heavy (non-hydrogen) atoms. The van der Waals surface area contributed by atoms with E-state index in [0.29, 0.717) is 24.8 Å². The van der Waals surface area contributed by atoms with Crippen LogP contribution < -0.4 is 20.1 Å². The van der Waals surface area contributed by atoms with E-state index in [1.807, 2.05) is 30.3 Å². The van der Waals surface area contributed by atoms with E-state index in [0.717, 1.165) is 53.1 Å². The third-order valence-electron chi connectivity index (χ3n) is 4.48. The average molecular weight is 359 g/mol. The van der Waals surface area contributed by atoms with Gasteiger partial charge in [-0.25, -0.2) is 4.79 Å². The zero-order valence-electron chi connectivity index (χ0n) is 13.7. The molecule has 2 aromatic rings. The molecule has 0 aromatic heterocycles. The van der Waals surface area contributed by atoms with Crippen LogP contribution >= 0.6 is 11.6 Å². The number of urea groups is 1. The van der Waals surface area contributed by atoms with Gasteiger partial charge in [-0.3, -0.25) is 0 Å². The SMILES string of the molecule is O=C(NCCc1cccc(Cl)c1)Nc1c2c(cc3c1OCC3)OCC2. The van der Waals surface area contributed by atoms with E-state index in [1.165, 1.54) is 0 Å². The number of nitrogens with one attached hydrogen (secondary N) is 2. The summed E-state index contributed by atoms with van der Waals surface area (Å²) in [5.41, 5.74) is 3.95. The summed E-state index contributed by atoms with van der Waals surface area (Å²) in [6.45, 7) is 1.81. The van der Waals surface area contributed by atoms with Gasteiger partial charge >= 0.3 is 6.03 Å². The molecule has 0 spiro atoms. The monoisotopic (exact) mass is 358 g/mol. The molecule has 130 valence electrons. The number of anilines is 1. The number of halogens is 1. The third kappa shape index (κ3) is 3.37. The number of hydrogen-bond acceptors (Lipinski definition) is 3. The van der Waals surface area contributed by atoms with Crippen molar-refractivity contribution in [2.24, 2.45) is 0 Å². The Labute approximate surface area is 151 Å². The highest BCUT2D eigenvalue weighted by molar-refractivity contribution is 6.30. The zero-order chi connectivity index (χ0) is 17.2. The fourth-order valence-corrected chi connectivity index (χ4v) is 3.50. The minimum Gasteiger partial charge on any atom is -0.493 e. The summed E-state index contributed by atoms with van der Waals surface area (Å²) in [7, 11) is 0. The standard InChI is InChI=1S/C19H19ClN2O3/c20-14-3-1-2-12(10-14)4-7-21-19(23)22-17-15-6-9-24-16(15)11-13-5-8-25-18(13)17/h1-3,10-11H,4-9H2,(H2,21,22,23). The molecule has 2 heterocycles. The van der Waals surface area contributed by atoms with Gasteiger partial charge in [-0.15, -0.1) is 0 Å². The van der Waals surface area contributed by atoms with E-state index in [1.54, 1.807) is 0 Å². The lowest BCUT2D eigenvalue weighted by atomic mass is 10.0. The van der Waals surface area contributed by atoms with Crippen LogP contribution in [-0.2, 0) is 19.3 Å². The van der Waals surface area contributed by atoms with Crippen molar-refractivity contribution in [3.05, 3.63) is 52.0 Å². The highest BCUT2D eigenvalue weighted by atomic mass is 35.5. The molecule has 0 fully saturated rings. The summed E-state index contributed by atoms with van der Waals surface area (Å²) in [6, 6.07) is 9.44. The summed E-state index contributed by atoms with van der Waals surface area (Å²) in [6.07, 6.45) is 2.35. The summed E-state index contributed by atoms with van der Waals surface area (Å²) < 4.78 is 11.4. The van der Waals surface area contributed by atoms with Crippen LogP contribution in [0.3, 0.4) is 0 Å². The predicted octanol–water partition coefficient (Wildman–Crippen LogP) is 3.57. The van der Waals surface area contributed by atoms with Gasteiger partial charge in [0.15, 0.2) is 0 Å². The molecule has 0 aliphatic carbocycles. The first-order valence-corrected chi connectivity index (χ1v) is 8.82. The summed E-state index contributed by atoms with van der Waals surface area (Å²) >= 11 is 5.98. The molecule has 2 aromatic carbocycles. The number of benzene rings is 2. The van der Waals surface area contributed by atoms with Gasteiger partial charge in [-0.2, -0.15) is 0 Å². The van der Waals surface area contributed by atoms with Crippen LogP contribution in [0, 0.1) is 0 Å². The van der Waals surface area contributed by atoms with Crippen molar-refractivity contribution in [1.82, 2.24) is 5.32 Å². The molecule has 0 radical (unpaired) electrons. The maximum absolute atomic E-state index is 12.3. The molecule has 5 nitrogen and oxygen atoms in total. The van der Waals surface area contributed by atoms with Gasteiger partial charge < -0.3 is 20.1 Å². The minimum atomic E-state index is -0.236. The molecule has 0 bridgehead atoms. The lowest BCUT2D eigenvalue weighted by Gasteiger charge is -2.14. The Morgan fingerprint density at radius 2 is 2.04 bits per heavy atom. The maximum atomic E-state index is 12.3. The van der Waals surface area contributed by atoms with Gasteiger partial charge in [0, 0.05) is 35.5 Å². The Kier molecular flexibility index (Phi) is 4.40. The molecule has 2 amide bonds. The van der Waals surface area contributed by atoms with Crippen LogP contribution in [-0.4, -0.2) is 25.8 Å². The van der Waals surface area contributed by atoms with Crippen LogP contribution in [0.4, 0.5) is 10.5 Å². The smallest absolute Gasteiger partial charge is 0.319 e. The molecule has 4 rings (SSSR count).